The largest absolute Gasteiger partial charge is 0.335 e. The van der Waals surface area contributed by atoms with Gasteiger partial charge in [0.05, 0.1) is 5.02 Å². The number of hydrogen-bond acceptors (Lipinski definition) is 3. The molecule has 0 unspecified atom stereocenters. The maximum Gasteiger partial charge on any atom is 0.328 e. The van der Waals surface area contributed by atoms with Gasteiger partial charge in [-0.15, -0.1) is 0 Å². The summed E-state index contributed by atoms with van der Waals surface area (Å²) in [4.78, 5) is 11.3. The highest BCUT2D eigenvalue weighted by molar-refractivity contribution is 7.90. The van der Waals surface area contributed by atoms with Crippen LogP contribution in [0.15, 0.2) is 29.2 Å². The monoisotopic (exact) mass is 290 g/mol. The van der Waals surface area contributed by atoms with Crippen LogP contribution in [0.3, 0.4) is 0 Å². The second-order valence-corrected chi connectivity index (χ2v) is 5.88. The van der Waals surface area contributed by atoms with Crippen LogP contribution in [0, 0.1) is 0 Å². The fraction of sp³-hybridized carbons (Fsp3) is 0.364. The average Bonchev–Trinajstić information content (AvgIpc) is 2.28. The number of carbonyl (C=O) groups excluding carboxylic acids is 1. The van der Waals surface area contributed by atoms with Gasteiger partial charge in [0, 0.05) is 6.04 Å². The van der Waals surface area contributed by atoms with Crippen molar-refractivity contribution in [3.05, 3.63) is 29.3 Å². The topological polar surface area (TPSA) is 75.3 Å². The molecule has 1 aromatic rings. The lowest BCUT2D eigenvalue weighted by atomic mass is 10.3. The summed E-state index contributed by atoms with van der Waals surface area (Å²) in [6.07, 6.45) is 0.708. The number of halogens is 1. The van der Waals surface area contributed by atoms with Crippen molar-refractivity contribution >= 4 is 27.7 Å². The molecule has 2 amide bonds. The van der Waals surface area contributed by atoms with E-state index in [-0.39, 0.29) is 16.0 Å². The summed E-state index contributed by atoms with van der Waals surface area (Å²) in [5, 5.41) is 2.57. The van der Waals surface area contributed by atoms with Crippen molar-refractivity contribution in [2.24, 2.45) is 0 Å². The zero-order valence-corrected chi connectivity index (χ0v) is 11.7. The SMILES string of the molecule is CC[C@@H](C)NC(=O)NS(=O)(=O)c1ccccc1Cl. The first kappa shape index (κ1) is 14.8. The van der Waals surface area contributed by atoms with Gasteiger partial charge in [-0.05, 0) is 25.5 Å². The third kappa shape index (κ3) is 3.89. The number of amides is 2. The molecule has 0 bridgehead atoms. The molecule has 1 aromatic carbocycles. The molecule has 1 rings (SSSR count). The van der Waals surface area contributed by atoms with Gasteiger partial charge < -0.3 is 5.32 Å². The molecule has 7 heteroatoms. The van der Waals surface area contributed by atoms with Crippen LogP contribution in [0.1, 0.15) is 20.3 Å². The first-order valence-electron chi connectivity index (χ1n) is 5.44. The minimum atomic E-state index is -3.94. The van der Waals surface area contributed by atoms with Crippen LogP contribution in [0.2, 0.25) is 5.02 Å². The van der Waals surface area contributed by atoms with Crippen molar-refractivity contribution in [3.63, 3.8) is 0 Å². The van der Waals surface area contributed by atoms with Crippen LogP contribution in [-0.2, 0) is 10.0 Å². The van der Waals surface area contributed by atoms with Gasteiger partial charge in [0.15, 0.2) is 0 Å². The molecule has 0 fully saturated rings. The van der Waals surface area contributed by atoms with Gasteiger partial charge in [-0.25, -0.2) is 17.9 Å². The number of nitrogens with one attached hydrogen (secondary N) is 2. The number of benzene rings is 1. The van der Waals surface area contributed by atoms with Gasteiger partial charge in [-0.2, -0.15) is 0 Å². The highest BCUT2D eigenvalue weighted by Crippen LogP contribution is 2.19. The van der Waals surface area contributed by atoms with Gasteiger partial charge in [0.25, 0.3) is 10.0 Å². The van der Waals surface area contributed by atoms with E-state index in [4.69, 9.17) is 11.6 Å². The summed E-state index contributed by atoms with van der Waals surface area (Å²) in [5.41, 5.74) is 0. The Kier molecular flexibility index (Phi) is 4.98. The molecule has 5 nitrogen and oxygen atoms in total. The molecule has 2 N–H and O–H groups in total. The molecule has 18 heavy (non-hydrogen) atoms. The number of carbonyl (C=O) groups is 1. The molecule has 0 heterocycles. The van der Waals surface area contributed by atoms with Gasteiger partial charge in [0.1, 0.15) is 4.90 Å². The zero-order valence-electron chi connectivity index (χ0n) is 10.1. The Morgan fingerprint density at radius 3 is 2.56 bits per heavy atom. The maximum atomic E-state index is 11.9. The van der Waals surface area contributed by atoms with E-state index >= 15 is 0 Å². The van der Waals surface area contributed by atoms with E-state index in [0.717, 1.165) is 0 Å². The highest BCUT2D eigenvalue weighted by Gasteiger charge is 2.20. The molecule has 100 valence electrons. The summed E-state index contributed by atoms with van der Waals surface area (Å²) in [6.45, 7) is 3.66. The minimum Gasteiger partial charge on any atom is -0.335 e. The standard InChI is InChI=1S/C11H15ClN2O3S/c1-3-8(2)13-11(15)14-18(16,17)10-7-5-4-6-9(10)12/h4-8H,3H2,1-2H3,(H2,13,14,15)/t8-/m1/s1. The van der Waals surface area contributed by atoms with E-state index < -0.39 is 16.1 Å². The van der Waals surface area contributed by atoms with E-state index in [1.165, 1.54) is 18.2 Å². The molecule has 0 aliphatic heterocycles. The number of urea groups is 1. The molecule has 0 saturated heterocycles. The first-order chi connectivity index (χ1) is 8.36. The van der Waals surface area contributed by atoms with Gasteiger partial charge >= 0.3 is 6.03 Å². The van der Waals surface area contributed by atoms with E-state index in [1.807, 2.05) is 11.6 Å². The quantitative estimate of drug-likeness (QED) is 0.892. The number of rotatable bonds is 4. The van der Waals surface area contributed by atoms with E-state index in [9.17, 15) is 13.2 Å². The van der Waals surface area contributed by atoms with Gasteiger partial charge in [0.2, 0.25) is 0 Å². The van der Waals surface area contributed by atoms with Crippen molar-refractivity contribution in [2.75, 3.05) is 0 Å². The summed E-state index contributed by atoms with van der Waals surface area (Å²) in [6, 6.07) is 5.06. The van der Waals surface area contributed by atoms with Crippen molar-refractivity contribution < 1.29 is 13.2 Å². The molecule has 0 aliphatic carbocycles. The van der Waals surface area contributed by atoms with Crippen LogP contribution in [-0.4, -0.2) is 20.5 Å². The predicted octanol–water partition coefficient (Wildman–Crippen LogP) is 2.13. The lowest BCUT2D eigenvalue weighted by Gasteiger charge is -2.13. The van der Waals surface area contributed by atoms with Crippen molar-refractivity contribution in [1.82, 2.24) is 10.0 Å². The van der Waals surface area contributed by atoms with Crippen molar-refractivity contribution in [2.45, 2.75) is 31.2 Å². The Morgan fingerprint density at radius 1 is 1.39 bits per heavy atom. The Labute approximate surface area is 112 Å². The fourth-order valence-corrected chi connectivity index (χ4v) is 2.63. The molecule has 0 radical (unpaired) electrons. The van der Waals surface area contributed by atoms with E-state index in [2.05, 4.69) is 5.32 Å². The molecule has 1 atom stereocenters. The molecule has 0 spiro atoms. The lowest BCUT2D eigenvalue weighted by molar-refractivity contribution is 0.242. The second-order valence-electron chi connectivity index (χ2n) is 3.82. The second kappa shape index (κ2) is 6.06. The first-order valence-corrected chi connectivity index (χ1v) is 7.30. The number of sulfonamides is 1. The summed E-state index contributed by atoms with van der Waals surface area (Å²) in [7, 11) is -3.94. The Morgan fingerprint density at radius 2 is 2.00 bits per heavy atom. The fourth-order valence-electron chi connectivity index (χ4n) is 1.20. The normalized spacial score (nSPS) is 12.8. The summed E-state index contributed by atoms with van der Waals surface area (Å²) in [5.74, 6) is 0. The Hall–Kier alpha value is -1.27. The summed E-state index contributed by atoms with van der Waals surface area (Å²) >= 11 is 5.77. The third-order valence-corrected chi connectivity index (χ3v) is 4.17. The van der Waals surface area contributed by atoms with E-state index in [1.54, 1.807) is 13.0 Å². The van der Waals surface area contributed by atoms with Crippen molar-refractivity contribution in [3.8, 4) is 0 Å². The molecule has 0 aliphatic rings. The van der Waals surface area contributed by atoms with Crippen LogP contribution >= 0.6 is 11.6 Å². The van der Waals surface area contributed by atoms with E-state index in [0.29, 0.717) is 6.42 Å². The minimum absolute atomic E-state index is 0.0707. The van der Waals surface area contributed by atoms with Crippen molar-refractivity contribution in [1.29, 1.82) is 0 Å². The molecule has 0 saturated carbocycles. The predicted molar refractivity (Wildman–Crippen MR) is 70.1 cm³/mol. The lowest BCUT2D eigenvalue weighted by Crippen LogP contribution is -2.43. The molecule has 0 aromatic heterocycles. The highest BCUT2D eigenvalue weighted by atomic mass is 35.5. The van der Waals surface area contributed by atoms with Gasteiger partial charge in [-0.1, -0.05) is 30.7 Å². The van der Waals surface area contributed by atoms with Crippen LogP contribution < -0.4 is 10.0 Å². The molecular formula is C11H15ClN2O3S. The maximum absolute atomic E-state index is 11.9. The Bertz CT molecular complexity index is 531. The number of hydrogen-bond donors (Lipinski definition) is 2. The van der Waals surface area contributed by atoms with Crippen LogP contribution in [0.25, 0.3) is 0 Å². The van der Waals surface area contributed by atoms with Gasteiger partial charge in [-0.3, -0.25) is 0 Å². The summed E-state index contributed by atoms with van der Waals surface area (Å²) < 4.78 is 25.7. The smallest absolute Gasteiger partial charge is 0.328 e. The third-order valence-electron chi connectivity index (χ3n) is 2.34. The zero-order chi connectivity index (χ0) is 13.8. The Balaban J connectivity index is 2.84. The van der Waals surface area contributed by atoms with Crippen LogP contribution in [0.5, 0.6) is 0 Å². The van der Waals surface area contributed by atoms with Crippen LogP contribution in [0.4, 0.5) is 4.79 Å². The molecular weight excluding hydrogens is 276 g/mol. The average molecular weight is 291 g/mol.